The first-order chi connectivity index (χ1) is 19.2. The van der Waals surface area contributed by atoms with Crippen LogP contribution < -0.4 is 16.8 Å². The lowest BCUT2D eigenvalue weighted by Crippen LogP contribution is -2.45. The second kappa shape index (κ2) is 10.9. The number of tetrazole rings is 1. The van der Waals surface area contributed by atoms with E-state index in [1.54, 1.807) is 29.2 Å². The van der Waals surface area contributed by atoms with Gasteiger partial charge in [-0.05, 0) is 85.5 Å². The molecular weight excluding hydrogens is 510 g/mol. The minimum atomic E-state index is -0.946. The Bertz CT molecular complexity index is 1430. The quantitative estimate of drug-likeness (QED) is 0.320. The number of hydrogen-bond acceptors (Lipinski definition) is 8. The highest BCUT2D eigenvalue weighted by atomic mass is 16.2. The molecule has 3 amide bonds. The molecule has 1 fully saturated rings. The Morgan fingerprint density at radius 3 is 2.27 bits per heavy atom. The van der Waals surface area contributed by atoms with Crippen LogP contribution in [0.25, 0.3) is 0 Å². The Morgan fingerprint density at radius 1 is 1.12 bits per heavy atom. The molecule has 12 heteroatoms. The van der Waals surface area contributed by atoms with Crippen LogP contribution >= 0.6 is 0 Å². The molecule has 0 radical (unpaired) electrons. The van der Waals surface area contributed by atoms with E-state index in [1.165, 1.54) is 0 Å². The van der Waals surface area contributed by atoms with Crippen LogP contribution in [0.4, 0.5) is 0 Å². The Kier molecular flexibility index (Phi) is 7.32. The van der Waals surface area contributed by atoms with Gasteiger partial charge in [-0.2, -0.15) is 10.5 Å². The number of carbonyl (C=O) groups excluding carboxylic acids is 3. The number of nitriles is 1. The molecule has 3 aromatic rings. The highest BCUT2D eigenvalue weighted by Crippen LogP contribution is 2.46. The third-order valence-corrected chi connectivity index (χ3v) is 8.03. The number of hydrogen-bond donors (Lipinski definition) is 4. The van der Waals surface area contributed by atoms with Gasteiger partial charge in [-0.15, -0.1) is 10.2 Å². The number of carbonyl (C=O) groups is 3. The average Bonchev–Trinajstić information content (AvgIpc) is 3.64. The Morgan fingerprint density at radius 2 is 1.75 bits per heavy atom. The normalized spacial score (nSPS) is 18.2. The van der Waals surface area contributed by atoms with Gasteiger partial charge in [0.15, 0.2) is 5.82 Å². The number of H-pyrrole nitrogens is 1. The van der Waals surface area contributed by atoms with Crippen LogP contribution in [-0.2, 0) is 23.1 Å². The van der Waals surface area contributed by atoms with E-state index in [0.717, 1.165) is 28.7 Å². The van der Waals surface area contributed by atoms with E-state index < -0.39 is 23.3 Å². The summed E-state index contributed by atoms with van der Waals surface area (Å²) in [7, 11) is 0. The number of primary amides is 2. The molecule has 2 aliphatic rings. The maximum atomic E-state index is 13.0. The van der Waals surface area contributed by atoms with Crippen molar-refractivity contribution in [2.24, 2.45) is 11.5 Å². The maximum absolute atomic E-state index is 13.0. The number of likely N-dealkylation sites (tertiary alicyclic amines) is 1. The van der Waals surface area contributed by atoms with Crippen molar-refractivity contribution < 1.29 is 14.4 Å². The molecule has 6 N–H and O–H groups in total. The van der Waals surface area contributed by atoms with Crippen LogP contribution in [-0.4, -0.2) is 68.4 Å². The van der Waals surface area contributed by atoms with Crippen molar-refractivity contribution in [2.75, 3.05) is 13.1 Å². The minimum absolute atomic E-state index is 0.0720. The van der Waals surface area contributed by atoms with E-state index in [0.29, 0.717) is 49.2 Å². The van der Waals surface area contributed by atoms with Crippen molar-refractivity contribution >= 4 is 17.7 Å². The number of benzene rings is 2. The fraction of sp³-hybridized carbons (Fsp3) is 0.393. The maximum Gasteiger partial charge on any atom is 0.248 e. The number of nitrogens with two attached hydrogens (primary N) is 2. The summed E-state index contributed by atoms with van der Waals surface area (Å²) in [6, 6.07) is 12.3. The van der Waals surface area contributed by atoms with E-state index in [1.807, 2.05) is 19.1 Å². The van der Waals surface area contributed by atoms with E-state index in [4.69, 9.17) is 11.5 Å². The van der Waals surface area contributed by atoms with Gasteiger partial charge in [0.25, 0.3) is 0 Å². The van der Waals surface area contributed by atoms with Crippen LogP contribution in [0.15, 0.2) is 36.4 Å². The summed E-state index contributed by atoms with van der Waals surface area (Å²) in [5.41, 5.74) is 14.6. The topological polar surface area (TPSA) is 197 Å². The summed E-state index contributed by atoms with van der Waals surface area (Å²) in [5.74, 6) is -0.767. The first kappa shape index (κ1) is 27.0. The van der Waals surface area contributed by atoms with Crippen molar-refractivity contribution in [2.45, 2.75) is 56.5 Å². The lowest BCUT2D eigenvalue weighted by Gasteiger charge is -2.36. The van der Waals surface area contributed by atoms with Crippen LogP contribution in [0.3, 0.4) is 0 Å². The minimum Gasteiger partial charge on any atom is -0.366 e. The van der Waals surface area contributed by atoms with Gasteiger partial charge in [0.05, 0.1) is 18.0 Å². The number of amides is 3. The summed E-state index contributed by atoms with van der Waals surface area (Å²) >= 11 is 0. The van der Waals surface area contributed by atoms with Gasteiger partial charge in [-0.25, -0.2) is 0 Å². The van der Waals surface area contributed by atoms with Crippen LogP contribution in [0.2, 0.25) is 0 Å². The Balaban J connectivity index is 1.58. The Hall–Kier alpha value is -4.63. The molecule has 2 aromatic carbocycles. The number of aromatic nitrogens is 4. The van der Waals surface area contributed by atoms with Crippen molar-refractivity contribution in [1.82, 2.24) is 30.8 Å². The zero-order valence-electron chi connectivity index (χ0n) is 22.2. The number of aromatic amines is 1. The van der Waals surface area contributed by atoms with Gasteiger partial charge >= 0.3 is 0 Å². The molecule has 1 aliphatic carbocycles. The molecule has 1 aromatic heterocycles. The third-order valence-electron chi connectivity index (χ3n) is 8.03. The van der Waals surface area contributed by atoms with Gasteiger partial charge in [-0.3, -0.25) is 14.4 Å². The van der Waals surface area contributed by atoms with Crippen molar-refractivity contribution in [3.8, 4) is 6.07 Å². The molecule has 0 bridgehead atoms. The standard InChI is InChI=1S/C28H31N9O3/c1-16(32-15-24(38)37-10-2-3-21(37)14-29)13-28(27-33-35-36-34-27)22-8-6-19(25(30)39)11-17(22)4-5-18-12-20(26(31)40)7-9-23(18)28/h6-9,11-12,16,21,32H,2-5,10,13,15H2,1H3,(H2,30,39)(H2,31,40)(H,33,34,35,36)/t16-,21+/m1/s1. The van der Waals surface area contributed by atoms with Crippen molar-refractivity contribution in [3.05, 3.63) is 75.6 Å². The van der Waals surface area contributed by atoms with E-state index in [9.17, 15) is 19.6 Å². The highest BCUT2D eigenvalue weighted by molar-refractivity contribution is 5.94. The van der Waals surface area contributed by atoms with Gasteiger partial charge in [0, 0.05) is 23.7 Å². The molecule has 12 nitrogen and oxygen atoms in total. The van der Waals surface area contributed by atoms with Crippen LogP contribution in [0.1, 0.15) is 75.0 Å². The predicted octanol–water partition coefficient (Wildman–Crippen LogP) is 0.713. The number of aryl methyl sites for hydroxylation is 2. The van der Waals surface area contributed by atoms with Crippen LogP contribution in [0.5, 0.6) is 0 Å². The number of nitrogens with one attached hydrogen (secondary N) is 2. The summed E-state index contributed by atoms with van der Waals surface area (Å²) in [5, 5.41) is 28.0. The van der Waals surface area contributed by atoms with Crippen LogP contribution in [0, 0.1) is 11.3 Å². The third kappa shape index (κ3) is 4.80. The lowest BCUT2D eigenvalue weighted by molar-refractivity contribution is -0.130. The number of fused-ring (bicyclic) bond motifs is 2. The van der Waals surface area contributed by atoms with Gasteiger partial charge in [0.2, 0.25) is 17.7 Å². The summed E-state index contributed by atoms with van der Waals surface area (Å²) in [6.45, 7) is 2.62. The predicted molar refractivity (Wildman–Crippen MR) is 144 cm³/mol. The molecule has 2 atom stereocenters. The number of rotatable bonds is 8. The fourth-order valence-electron chi connectivity index (χ4n) is 6.14. The molecule has 206 valence electrons. The second-order valence-corrected chi connectivity index (χ2v) is 10.5. The molecule has 0 spiro atoms. The zero-order valence-corrected chi connectivity index (χ0v) is 22.2. The number of nitrogens with zero attached hydrogens (tertiary/aromatic N) is 5. The summed E-state index contributed by atoms with van der Waals surface area (Å²) in [6.07, 6.45) is 3.08. The zero-order chi connectivity index (χ0) is 28.4. The van der Waals surface area contributed by atoms with Crippen molar-refractivity contribution in [3.63, 3.8) is 0 Å². The van der Waals surface area contributed by atoms with Gasteiger partial charge < -0.3 is 21.7 Å². The molecular formula is C28H31N9O3. The lowest BCUT2D eigenvalue weighted by atomic mass is 9.67. The molecule has 0 saturated carbocycles. The average molecular weight is 542 g/mol. The molecule has 1 saturated heterocycles. The van der Waals surface area contributed by atoms with E-state index in [2.05, 4.69) is 32.0 Å². The molecule has 0 unspecified atom stereocenters. The largest absolute Gasteiger partial charge is 0.366 e. The smallest absolute Gasteiger partial charge is 0.248 e. The summed E-state index contributed by atoms with van der Waals surface area (Å²) in [4.78, 5) is 38.7. The second-order valence-electron chi connectivity index (χ2n) is 10.5. The molecule has 5 rings (SSSR count). The van der Waals surface area contributed by atoms with Gasteiger partial charge in [0.1, 0.15) is 6.04 Å². The SMILES string of the molecule is C[C@H](CC1(c2nn[nH]n2)c2ccc(C(N)=O)cc2CCc2cc(C(N)=O)ccc21)NCC(=O)N1CCC[C@H]1C#N. The fourth-order valence-corrected chi connectivity index (χ4v) is 6.14. The molecule has 40 heavy (non-hydrogen) atoms. The highest BCUT2D eigenvalue weighted by Gasteiger charge is 2.45. The monoisotopic (exact) mass is 541 g/mol. The van der Waals surface area contributed by atoms with E-state index in [-0.39, 0.29) is 18.5 Å². The van der Waals surface area contributed by atoms with Crippen molar-refractivity contribution in [1.29, 1.82) is 5.26 Å². The van der Waals surface area contributed by atoms with E-state index >= 15 is 0 Å². The molecule has 2 heterocycles. The first-order valence-electron chi connectivity index (χ1n) is 13.3. The van der Waals surface area contributed by atoms with Gasteiger partial charge in [-0.1, -0.05) is 17.3 Å². The Labute approximate surface area is 231 Å². The molecule has 1 aliphatic heterocycles. The summed E-state index contributed by atoms with van der Waals surface area (Å²) < 4.78 is 0. The first-order valence-corrected chi connectivity index (χ1v) is 13.3.